The fourth-order valence-corrected chi connectivity index (χ4v) is 10.7. The Labute approximate surface area is 378 Å². The molecule has 12 nitrogen and oxygen atoms in total. The number of primary amides is 1. The lowest BCUT2D eigenvalue weighted by Crippen LogP contribution is -2.39. The van der Waals surface area contributed by atoms with E-state index < -0.39 is 0 Å². The maximum absolute atomic E-state index is 13.1. The summed E-state index contributed by atoms with van der Waals surface area (Å²) >= 11 is 8.12. The molecule has 1 atom stereocenters. The number of aliphatic hydroxyl groups excluding tert-OH is 1. The van der Waals surface area contributed by atoms with Crippen molar-refractivity contribution in [1.82, 2.24) is 29.7 Å². The summed E-state index contributed by atoms with van der Waals surface area (Å²) in [6.45, 7) is 12.1. The number of carbonyl (C=O) groups excluding carboxylic acids is 3. The highest BCUT2D eigenvalue weighted by atomic mass is 35.5. The Hall–Kier alpha value is -4.95. The van der Waals surface area contributed by atoms with Gasteiger partial charge in [-0.15, -0.1) is 11.3 Å². The van der Waals surface area contributed by atoms with Crippen LogP contribution in [-0.2, 0) is 26.3 Å². The topological polar surface area (TPSA) is 164 Å². The first kappa shape index (κ1) is 46.1. The van der Waals surface area contributed by atoms with Crippen molar-refractivity contribution >= 4 is 52.1 Å². The van der Waals surface area contributed by atoms with E-state index in [2.05, 4.69) is 75.9 Å². The fraction of sp³-hybridized carbons (Fsp3) is 0.469. The number of halogens is 1. The molecule has 5 aromatic rings. The highest BCUT2D eigenvalue weighted by molar-refractivity contribution is 7.13. The van der Waals surface area contributed by atoms with Crippen molar-refractivity contribution in [3.63, 3.8) is 0 Å². The molecule has 63 heavy (non-hydrogen) atoms. The number of aromatic nitrogens is 3. The number of aliphatic hydroxyl groups is 1. The van der Waals surface area contributed by atoms with Gasteiger partial charge >= 0.3 is 0 Å². The molecule has 2 aromatic heterocycles. The second-order valence-corrected chi connectivity index (χ2v) is 19.9. The average Bonchev–Trinajstić information content (AvgIpc) is 3.96. The Morgan fingerprint density at radius 3 is 2.37 bits per heavy atom. The minimum Gasteiger partial charge on any atom is -0.391 e. The molecule has 1 spiro atoms. The summed E-state index contributed by atoms with van der Waals surface area (Å²) in [6, 6.07) is 20.7. The Morgan fingerprint density at radius 1 is 1.02 bits per heavy atom. The SMILES string of the molecule is CC(C)(C)CC(=O)N1CCC(O)C1.Cc1ncsc1-c1ccc(CNC=O)cc1.NC(=O)CN1CCC(c2ccc3c(c2)-n2c(nc(=O)c4c(Cl)cccc42)C32CCCCC2)CC1. The fourth-order valence-electron chi connectivity index (χ4n) is 9.64. The minimum absolute atomic E-state index is 0.0463. The number of fused-ring (bicyclic) bond motifs is 7. The van der Waals surface area contributed by atoms with Crippen LogP contribution in [0.1, 0.15) is 113 Å². The van der Waals surface area contributed by atoms with E-state index in [0.717, 1.165) is 92.9 Å². The second kappa shape index (κ2) is 19.8. The Bertz CT molecular complexity index is 2480. The van der Waals surface area contributed by atoms with Gasteiger partial charge in [0, 0.05) is 26.1 Å². The van der Waals surface area contributed by atoms with Crippen molar-refractivity contribution in [1.29, 1.82) is 0 Å². The number of rotatable bonds is 8. The van der Waals surface area contributed by atoms with Crippen LogP contribution in [0.2, 0.25) is 5.02 Å². The zero-order valence-electron chi connectivity index (χ0n) is 36.9. The van der Waals surface area contributed by atoms with Crippen LogP contribution >= 0.6 is 22.9 Å². The summed E-state index contributed by atoms with van der Waals surface area (Å²) in [6.07, 6.45) is 9.25. The summed E-state index contributed by atoms with van der Waals surface area (Å²) in [7, 11) is 0. The van der Waals surface area contributed by atoms with Gasteiger partial charge in [0.1, 0.15) is 5.82 Å². The molecule has 3 aromatic carbocycles. The number of hydrogen-bond acceptors (Lipinski definition) is 9. The van der Waals surface area contributed by atoms with Crippen LogP contribution < -0.4 is 16.6 Å². The molecule has 4 N–H and O–H groups in total. The molecule has 0 bridgehead atoms. The van der Waals surface area contributed by atoms with Crippen molar-refractivity contribution in [2.75, 3.05) is 32.7 Å². The van der Waals surface area contributed by atoms with E-state index in [0.29, 0.717) is 48.8 Å². The van der Waals surface area contributed by atoms with Gasteiger partial charge in [-0.3, -0.25) is 28.6 Å². The number of hydrogen-bond donors (Lipinski definition) is 3. The van der Waals surface area contributed by atoms with Gasteiger partial charge in [-0.05, 0) is 104 Å². The van der Waals surface area contributed by atoms with E-state index in [9.17, 15) is 24.3 Å². The minimum atomic E-state index is -0.302. The molecule has 3 fully saturated rings. The molecule has 3 aliphatic heterocycles. The number of piperidine rings is 1. The van der Waals surface area contributed by atoms with E-state index in [-0.39, 0.29) is 34.3 Å². The first-order valence-corrected chi connectivity index (χ1v) is 23.4. The van der Waals surface area contributed by atoms with Gasteiger partial charge in [0.15, 0.2) is 0 Å². The maximum atomic E-state index is 13.1. The highest BCUT2D eigenvalue weighted by Crippen LogP contribution is 2.52. The van der Waals surface area contributed by atoms with Crippen molar-refractivity contribution in [3.8, 4) is 16.1 Å². The molecule has 2 saturated heterocycles. The number of thiazole rings is 1. The predicted octanol–water partition coefficient (Wildman–Crippen LogP) is 7.65. The van der Waals surface area contributed by atoms with Crippen LogP contribution in [0.15, 0.2) is 71.0 Å². The van der Waals surface area contributed by atoms with Crippen molar-refractivity contribution in [3.05, 3.63) is 110 Å². The lowest BCUT2D eigenvalue weighted by molar-refractivity contribution is -0.132. The Balaban J connectivity index is 0.000000170. The molecule has 1 saturated carbocycles. The van der Waals surface area contributed by atoms with Crippen LogP contribution in [0.4, 0.5) is 0 Å². The maximum Gasteiger partial charge on any atom is 0.282 e. The van der Waals surface area contributed by atoms with Gasteiger partial charge in [0.2, 0.25) is 18.2 Å². The quantitative estimate of drug-likeness (QED) is 0.134. The van der Waals surface area contributed by atoms with Crippen molar-refractivity contribution in [2.24, 2.45) is 11.1 Å². The number of aryl methyl sites for hydroxylation is 1. The Morgan fingerprint density at radius 2 is 1.75 bits per heavy atom. The monoisotopic (exact) mass is 893 g/mol. The van der Waals surface area contributed by atoms with E-state index >= 15 is 0 Å². The summed E-state index contributed by atoms with van der Waals surface area (Å²) < 4.78 is 2.22. The van der Waals surface area contributed by atoms with Gasteiger partial charge in [-0.2, -0.15) is 4.98 Å². The number of likely N-dealkylation sites (tertiary alicyclic amines) is 2. The summed E-state index contributed by atoms with van der Waals surface area (Å²) in [5.74, 6) is 1.22. The average molecular weight is 895 g/mol. The largest absolute Gasteiger partial charge is 0.391 e. The van der Waals surface area contributed by atoms with Gasteiger partial charge in [0.05, 0.1) is 55.8 Å². The third-order valence-corrected chi connectivity index (χ3v) is 14.1. The van der Waals surface area contributed by atoms with Crippen molar-refractivity contribution < 1.29 is 19.5 Å². The summed E-state index contributed by atoms with van der Waals surface area (Å²) in [5, 5.41) is 12.8. The van der Waals surface area contributed by atoms with E-state index in [1.54, 1.807) is 22.3 Å². The normalized spacial score (nSPS) is 18.2. The molecule has 1 unspecified atom stereocenters. The molecular formula is C49H60ClN7O5S. The molecule has 334 valence electrons. The third-order valence-electron chi connectivity index (χ3n) is 12.8. The van der Waals surface area contributed by atoms with Gasteiger partial charge in [-0.25, -0.2) is 4.98 Å². The van der Waals surface area contributed by atoms with E-state index in [1.165, 1.54) is 28.0 Å². The van der Waals surface area contributed by atoms with Gasteiger partial charge < -0.3 is 21.1 Å². The zero-order valence-corrected chi connectivity index (χ0v) is 38.4. The van der Waals surface area contributed by atoms with Gasteiger partial charge in [-0.1, -0.05) is 94.1 Å². The zero-order chi connectivity index (χ0) is 44.9. The molecular weight excluding hydrogens is 834 g/mol. The second-order valence-electron chi connectivity index (χ2n) is 18.6. The van der Waals surface area contributed by atoms with Gasteiger partial charge in [0.25, 0.3) is 5.56 Å². The number of benzene rings is 3. The summed E-state index contributed by atoms with van der Waals surface area (Å²) in [4.78, 5) is 60.2. The third kappa shape index (κ3) is 10.5. The van der Waals surface area contributed by atoms with E-state index in [1.807, 2.05) is 36.7 Å². The molecule has 3 amide bonds. The van der Waals surface area contributed by atoms with Crippen molar-refractivity contribution in [2.45, 2.75) is 109 Å². The number of amides is 3. The van der Waals surface area contributed by atoms with Crippen LogP contribution in [0, 0.1) is 12.3 Å². The predicted molar refractivity (Wildman–Crippen MR) is 250 cm³/mol. The molecule has 14 heteroatoms. The number of nitrogens with two attached hydrogens (primary N) is 1. The molecule has 9 rings (SSSR count). The number of nitrogens with one attached hydrogen (secondary N) is 1. The first-order chi connectivity index (χ1) is 30.2. The molecule has 1 aliphatic carbocycles. The molecule has 4 aliphatic rings. The smallest absolute Gasteiger partial charge is 0.282 e. The number of carbonyl (C=O) groups is 3. The van der Waals surface area contributed by atoms with E-state index in [4.69, 9.17) is 17.3 Å². The lowest BCUT2D eigenvalue weighted by atomic mass is 9.69. The number of β-amino-alcohol motifs (C(OH)–C–C–N with tert-alkyl or cyclic N) is 1. The van der Waals surface area contributed by atoms with Crippen LogP contribution in [0.3, 0.4) is 0 Å². The first-order valence-electron chi connectivity index (χ1n) is 22.2. The standard InChI is InChI=1S/C27H29ClN4O2.C12H12N2OS.C10H19NO2/c28-20-5-4-6-21-24(20)25(34)30-26-27(11-2-1-3-12-27)19-8-7-18(15-22(19)32(21)26)17-9-13-31(14-10-17)16-23(29)33;1-9-12(16-8-14-9)11-4-2-10(3-5-11)6-13-7-15;1-10(2,3)6-9(13)11-5-4-8(12)7-11/h4-8,15,17H,1-3,9-14,16H2,(H2,29,33);2-5,7-8H,6H2,1H3,(H,13,15);8,12H,4-7H2,1-3H3. The molecule has 5 heterocycles. The van der Waals surface area contributed by atoms with Crippen LogP contribution in [0.5, 0.6) is 0 Å². The van der Waals surface area contributed by atoms with Crippen LogP contribution in [-0.4, -0.2) is 86.5 Å². The molecule has 0 radical (unpaired) electrons. The number of nitrogens with zero attached hydrogens (tertiary/aromatic N) is 5. The highest BCUT2D eigenvalue weighted by Gasteiger charge is 2.46. The Kier molecular flexibility index (Phi) is 14.5. The lowest BCUT2D eigenvalue weighted by Gasteiger charge is -2.34. The summed E-state index contributed by atoms with van der Waals surface area (Å²) in [5.41, 5.74) is 14.8. The van der Waals surface area contributed by atoms with Crippen LogP contribution in [0.25, 0.3) is 27.0 Å².